The van der Waals surface area contributed by atoms with Crippen LogP contribution in [0.4, 0.5) is 11.4 Å². The Labute approximate surface area is 158 Å². The van der Waals surface area contributed by atoms with Gasteiger partial charge < -0.3 is 20.9 Å². The van der Waals surface area contributed by atoms with Gasteiger partial charge in [0.05, 0.1) is 16.7 Å². The molecule has 0 saturated carbocycles. The predicted octanol–water partition coefficient (Wildman–Crippen LogP) is 4.93. The Balaban J connectivity index is 0.000000251. The smallest absolute Gasteiger partial charge is 0.174 e. The predicted molar refractivity (Wildman–Crippen MR) is 103 cm³/mol. The molecule has 5 nitrogen and oxygen atoms in total. The zero-order valence-corrected chi connectivity index (χ0v) is 15.5. The molecule has 0 radical (unpaired) electrons. The van der Waals surface area contributed by atoms with Crippen LogP contribution in [0.5, 0.6) is 11.5 Å². The summed E-state index contributed by atoms with van der Waals surface area (Å²) in [5.74, 6) is 1.19. The van der Waals surface area contributed by atoms with Crippen molar-refractivity contribution in [3.05, 3.63) is 46.4 Å². The number of nitriles is 1. The lowest BCUT2D eigenvalue weighted by Crippen LogP contribution is -1.97. The van der Waals surface area contributed by atoms with E-state index in [2.05, 4.69) is 6.92 Å². The Kier molecular flexibility index (Phi) is 9.38. The van der Waals surface area contributed by atoms with Crippen LogP contribution >= 0.6 is 23.2 Å². The van der Waals surface area contributed by atoms with Crippen LogP contribution < -0.4 is 20.9 Å². The van der Waals surface area contributed by atoms with Crippen molar-refractivity contribution in [3.8, 4) is 17.6 Å². The number of halogens is 2. The van der Waals surface area contributed by atoms with E-state index in [1.54, 1.807) is 36.4 Å². The quantitative estimate of drug-likeness (QED) is 0.546. The molecule has 2 aromatic rings. The monoisotopic (exact) mass is 381 g/mol. The third kappa shape index (κ3) is 7.88. The highest BCUT2D eigenvalue weighted by atomic mass is 35.5. The summed E-state index contributed by atoms with van der Waals surface area (Å²) in [6.07, 6.45) is 2.16. The molecule has 2 aromatic carbocycles. The van der Waals surface area contributed by atoms with Crippen LogP contribution in [0, 0.1) is 11.3 Å². The van der Waals surface area contributed by atoms with Crippen molar-refractivity contribution in [3.63, 3.8) is 0 Å². The van der Waals surface area contributed by atoms with Gasteiger partial charge in [-0.2, -0.15) is 5.26 Å². The molecule has 4 N–H and O–H groups in total. The average molecular weight is 382 g/mol. The molecular weight excluding hydrogens is 361 g/mol. The summed E-state index contributed by atoms with van der Waals surface area (Å²) < 4.78 is 10.4. The minimum Gasteiger partial charge on any atom is -0.492 e. The molecule has 0 spiro atoms. The number of unbranched alkanes of at least 4 members (excludes halogenated alkanes) is 1. The molecule has 0 aliphatic heterocycles. The molecule has 0 atom stereocenters. The first kappa shape index (κ1) is 20.8. The van der Waals surface area contributed by atoms with Crippen LogP contribution in [0.25, 0.3) is 0 Å². The van der Waals surface area contributed by atoms with Crippen molar-refractivity contribution in [2.24, 2.45) is 0 Å². The second kappa shape index (κ2) is 11.3. The number of hydrogen-bond acceptors (Lipinski definition) is 5. The molecular formula is C18H21Cl2N3O2. The van der Waals surface area contributed by atoms with Crippen LogP contribution in [0.15, 0.2) is 36.4 Å². The Hall–Kier alpha value is -2.29. The zero-order valence-electron chi connectivity index (χ0n) is 14.0. The van der Waals surface area contributed by atoms with E-state index in [4.69, 9.17) is 49.4 Å². The maximum Gasteiger partial charge on any atom is 0.174 e. The minimum absolute atomic E-state index is 0.0103. The topological polar surface area (TPSA) is 94.3 Å². The first-order valence-corrected chi connectivity index (χ1v) is 8.46. The Bertz CT molecular complexity index is 718. The maximum absolute atomic E-state index is 8.23. The van der Waals surface area contributed by atoms with Gasteiger partial charge in [0.1, 0.15) is 17.6 Å². The standard InChI is InChI=1S/C10H14ClNO.C8H7ClN2O/c1-2-3-6-13-10-5-4-8(12)7-9(10)11;9-7-5-6(11)1-2-8(7)12-4-3-10/h4-5,7H,2-3,6,12H2,1H3;1-2,5H,4,11H2. The Morgan fingerprint density at radius 1 is 0.960 bits per heavy atom. The summed E-state index contributed by atoms with van der Waals surface area (Å²) >= 11 is 11.7. The highest BCUT2D eigenvalue weighted by Crippen LogP contribution is 2.27. The van der Waals surface area contributed by atoms with Gasteiger partial charge in [0.15, 0.2) is 6.61 Å². The van der Waals surface area contributed by atoms with Crippen LogP contribution in [0.3, 0.4) is 0 Å². The van der Waals surface area contributed by atoms with E-state index < -0.39 is 0 Å². The van der Waals surface area contributed by atoms with Crippen molar-refractivity contribution in [2.45, 2.75) is 19.8 Å². The van der Waals surface area contributed by atoms with Gasteiger partial charge in [-0.1, -0.05) is 36.5 Å². The van der Waals surface area contributed by atoms with Gasteiger partial charge in [0, 0.05) is 11.4 Å². The van der Waals surface area contributed by atoms with Crippen molar-refractivity contribution < 1.29 is 9.47 Å². The summed E-state index contributed by atoms with van der Waals surface area (Å²) in [6, 6.07) is 12.0. The summed E-state index contributed by atoms with van der Waals surface area (Å²) in [4.78, 5) is 0. The van der Waals surface area contributed by atoms with Crippen LogP contribution in [-0.4, -0.2) is 13.2 Å². The van der Waals surface area contributed by atoms with E-state index >= 15 is 0 Å². The zero-order chi connectivity index (χ0) is 18.7. The normalized spacial score (nSPS) is 9.52. The SMILES string of the molecule is CCCCOc1ccc(N)cc1Cl.N#CCOc1ccc(N)cc1Cl. The fourth-order valence-electron chi connectivity index (χ4n) is 1.70. The highest BCUT2D eigenvalue weighted by Gasteiger charge is 2.01. The molecule has 0 saturated heterocycles. The molecule has 0 amide bonds. The molecule has 0 aliphatic carbocycles. The van der Waals surface area contributed by atoms with Crippen molar-refractivity contribution in [2.75, 3.05) is 24.7 Å². The summed E-state index contributed by atoms with van der Waals surface area (Å²) in [5.41, 5.74) is 12.2. The van der Waals surface area contributed by atoms with E-state index in [0.29, 0.717) is 39.5 Å². The third-order valence-corrected chi connectivity index (χ3v) is 3.55. The van der Waals surface area contributed by atoms with E-state index in [1.165, 1.54) is 0 Å². The maximum atomic E-state index is 8.23. The summed E-state index contributed by atoms with van der Waals surface area (Å²) in [6.45, 7) is 2.82. The van der Waals surface area contributed by atoms with Gasteiger partial charge in [-0.15, -0.1) is 0 Å². The van der Waals surface area contributed by atoms with Crippen LogP contribution in [0.2, 0.25) is 10.0 Å². The number of rotatable bonds is 6. The number of benzene rings is 2. The highest BCUT2D eigenvalue weighted by molar-refractivity contribution is 6.32. The second-order valence-electron chi connectivity index (χ2n) is 5.03. The molecule has 2 rings (SSSR count). The van der Waals surface area contributed by atoms with Crippen LogP contribution in [0.1, 0.15) is 19.8 Å². The van der Waals surface area contributed by atoms with Gasteiger partial charge >= 0.3 is 0 Å². The fraction of sp³-hybridized carbons (Fsp3) is 0.278. The van der Waals surface area contributed by atoms with Crippen molar-refractivity contribution in [1.29, 1.82) is 5.26 Å². The minimum atomic E-state index is -0.0103. The largest absolute Gasteiger partial charge is 0.492 e. The molecule has 0 unspecified atom stereocenters. The van der Waals surface area contributed by atoms with E-state index in [1.807, 2.05) is 6.07 Å². The lowest BCUT2D eigenvalue weighted by Gasteiger charge is -2.07. The van der Waals surface area contributed by atoms with E-state index in [0.717, 1.165) is 12.8 Å². The molecule has 7 heteroatoms. The molecule has 0 aromatic heterocycles. The number of nitrogens with zero attached hydrogens (tertiary/aromatic N) is 1. The number of ether oxygens (including phenoxy) is 2. The second-order valence-corrected chi connectivity index (χ2v) is 5.84. The molecule has 0 aliphatic rings. The number of nitrogens with two attached hydrogens (primary N) is 2. The lowest BCUT2D eigenvalue weighted by molar-refractivity contribution is 0.309. The Morgan fingerprint density at radius 2 is 1.48 bits per heavy atom. The first-order valence-electron chi connectivity index (χ1n) is 7.70. The summed E-state index contributed by atoms with van der Waals surface area (Å²) in [5, 5.41) is 9.23. The lowest BCUT2D eigenvalue weighted by atomic mass is 10.3. The van der Waals surface area contributed by atoms with Gasteiger partial charge in [0.2, 0.25) is 0 Å². The first-order chi connectivity index (χ1) is 12.0. The molecule has 0 bridgehead atoms. The van der Waals surface area contributed by atoms with Gasteiger partial charge in [-0.25, -0.2) is 0 Å². The van der Waals surface area contributed by atoms with E-state index in [9.17, 15) is 0 Å². The molecule has 0 fully saturated rings. The molecule has 0 heterocycles. The molecule has 134 valence electrons. The number of anilines is 2. The van der Waals surface area contributed by atoms with Crippen molar-refractivity contribution in [1.82, 2.24) is 0 Å². The number of hydrogen-bond donors (Lipinski definition) is 2. The van der Waals surface area contributed by atoms with Gasteiger partial charge in [0.25, 0.3) is 0 Å². The van der Waals surface area contributed by atoms with Gasteiger partial charge in [-0.05, 0) is 42.8 Å². The van der Waals surface area contributed by atoms with Gasteiger partial charge in [-0.3, -0.25) is 0 Å². The third-order valence-electron chi connectivity index (χ3n) is 2.96. The fourth-order valence-corrected chi connectivity index (χ4v) is 2.19. The van der Waals surface area contributed by atoms with Crippen molar-refractivity contribution >= 4 is 34.6 Å². The average Bonchev–Trinajstić information content (AvgIpc) is 2.57. The van der Waals surface area contributed by atoms with E-state index in [-0.39, 0.29) is 6.61 Å². The molecule has 25 heavy (non-hydrogen) atoms. The van der Waals surface area contributed by atoms with Crippen LogP contribution in [-0.2, 0) is 0 Å². The Morgan fingerprint density at radius 3 is 1.92 bits per heavy atom. The summed E-state index contributed by atoms with van der Waals surface area (Å²) in [7, 11) is 0. The number of nitrogen functional groups attached to an aromatic ring is 2.